The Labute approximate surface area is 152 Å². The maximum absolute atomic E-state index is 12.2. The van der Waals surface area contributed by atoms with Crippen LogP contribution in [0.1, 0.15) is 47.0 Å². The van der Waals surface area contributed by atoms with E-state index < -0.39 is 11.9 Å². The van der Waals surface area contributed by atoms with E-state index in [0.29, 0.717) is 17.1 Å². The number of aryl methyl sites for hydroxylation is 3. The van der Waals surface area contributed by atoms with Crippen molar-refractivity contribution in [1.82, 2.24) is 10.5 Å². The Balaban J connectivity index is 1.80. The third kappa shape index (κ3) is 5.27. The zero-order valence-corrected chi connectivity index (χ0v) is 15.4. The summed E-state index contributed by atoms with van der Waals surface area (Å²) < 4.78 is 4.86. The van der Waals surface area contributed by atoms with Crippen LogP contribution in [0.15, 0.2) is 28.8 Å². The smallest absolute Gasteiger partial charge is 0.247 e. The molecule has 1 unspecified atom stereocenters. The number of nitrogens with one attached hydrogen (secondary N) is 2. The molecule has 1 heterocycles. The first-order valence-corrected chi connectivity index (χ1v) is 8.40. The average Bonchev–Trinajstić information content (AvgIpc) is 2.99. The van der Waals surface area contributed by atoms with E-state index in [1.807, 2.05) is 26.0 Å². The normalized spacial score (nSPS) is 11.7. The molecular weight excluding hydrogens is 334 g/mol. The molecule has 0 aliphatic rings. The van der Waals surface area contributed by atoms with Gasteiger partial charge in [0.1, 0.15) is 11.8 Å². The van der Waals surface area contributed by atoms with Crippen LogP contribution in [0.2, 0.25) is 0 Å². The SMILES string of the molecule is Cc1cc(NC(=O)C(C)NC(=O)CCC(=O)c2ccc(C)c(C)c2)no1. The number of hydrogen-bond acceptors (Lipinski definition) is 5. The van der Waals surface area contributed by atoms with Crippen molar-refractivity contribution in [3.8, 4) is 0 Å². The van der Waals surface area contributed by atoms with Gasteiger partial charge in [0.25, 0.3) is 0 Å². The average molecular weight is 357 g/mol. The first-order chi connectivity index (χ1) is 12.3. The highest BCUT2D eigenvalue weighted by atomic mass is 16.5. The number of nitrogens with zero attached hydrogens (tertiary/aromatic N) is 1. The van der Waals surface area contributed by atoms with E-state index in [1.165, 1.54) is 0 Å². The number of ketones is 1. The van der Waals surface area contributed by atoms with E-state index in [2.05, 4.69) is 15.8 Å². The summed E-state index contributed by atoms with van der Waals surface area (Å²) in [5.41, 5.74) is 2.74. The van der Waals surface area contributed by atoms with Crippen LogP contribution in [-0.2, 0) is 9.59 Å². The zero-order valence-electron chi connectivity index (χ0n) is 15.4. The molecule has 0 saturated carbocycles. The number of benzene rings is 1. The molecule has 1 aromatic carbocycles. The van der Waals surface area contributed by atoms with Gasteiger partial charge >= 0.3 is 0 Å². The predicted molar refractivity (Wildman–Crippen MR) is 97.0 cm³/mol. The van der Waals surface area contributed by atoms with Crippen LogP contribution in [0.3, 0.4) is 0 Å². The highest BCUT2D eigenvalue weighted by Crippen LogP contribution is 2.12. The van der Waals surface area contributed by atoms with E-state index in [0.717, 1.165) is 11.1 Å². The van der Waals surface area contributed by atoms with Gasteiger partial charge in [-0.1, -0.05) is 17.3 Å². The lowest BCUT2D eigenvalue weighted by atomic mass is 10.0. The summed E-state index contributed by atoms with van der Waals surface area (Å²) in [7, 11) is 0. The van der Waals surface area contributed by atoms with Gasteiger partial charge in [-0.3, -0.25) is 14.4 Å². The van der Waals surface area contributed by atoms with Gasteiger partial charge in [0.05, 0.1) is 0 Å². The molecule has 0 saturated heterocycles. The Morgan fingerprint density at radius 1 is 1.08 bits per heavy atom. The van der Waals surface area contributed by atoms with Crippen LogP contribution in [-0.4, -0.2) is 28.8 Å². The van der Waals surface area contributed by atoms with Crippen LogP contribution in [0.4, 0.5) is 5.82 Å². The first kappa shape index (κ1) is 19.4. The fourth-order valence-corrected chi connectivity index (χ4v) is 2.33. The van der Waals surface area contributed by atoms with Crippen molar-refractivity contribution < 1.29 is 18.9 Å². The van der Waals surface area contributed by atoms with Gasteiger partial charge in [0.2, 0.25) is 11.8 Å². The van der Waals surface area contributed by atoms with E-state index in [1.54, 1.807) is 26.0 Å². The minimum absolute atomic E-state index is 0.0203. The number of amides is 2. The molecule has 0 aliphatic carbocycles. The molecule has 1 aromatic heterocycles. The highest BCUT2D eigenvalue weighted by molar-refractivity contribution is 5.99. The third-order valence-electron chi connectivity index (χ3n) is 4.06. The van der Waals surface area contributed by atoms with Gasteiger partial charge in [0.15, 0.2) is 11.6 Å². The molecule has 1 atom stereocenters. The highest BCUT2D eigenvalue weighted by Gasteiger charge is 2.18. The number of rotatable bonds is 7. The molecule has 0 bridgehead atoms. The minimum Gasteiger partial charge on any atom is -0.360 e. The molecule has 2 N–H and O–H groups in total. The van der Waals surface area contributed by atoms with E-state index in [9.17, 15) is 14.4 Å². The predicted octanol–water partition coefficient (Wildman–Crippen LogP) is 2.71. The third-order valence-corrected chi connectivity index (χ3v) is 4.06. The summed E-state index contributed by atoms with van der Waals surface area (Å²) in [6.45, 7) is 7.19. The fourth-order valence-electron chi connectivity index (χ4n) is 2.33. The summed E-state index contributed by atoms with van der Waals surface area (Å²) in [6, 6.07) is 6.30. The van der Waals surface area contributed by atoms with E-state index >= 15 is 0 Å². The van der Waals surface area contributed by atoms with Gasteiger partial charge in [-0.05, 0) is 44.9 Å². The van der Waals surface area contributed by atoms with Crippen LogP contribution in [0.5, 0.6) is 0 Å². The molecule has 138 valence electrons. The molecular formula is C19H23N3O4. The second kappa shape index (κ2) is 8.42. The van der Waals surface area contributed by atoms with Crippen molar-refractivity contribution >= 4 is 23.4 Å². The summed E-state index contributed by atoms with van der Waals surface area (Å²) in [6.07, 6.45) is 0.109. The van der Waals surface area contributed by atoms with Crippen molar-refractivity contribution in [3.63, 3.8) is 0 Å². The molecule has 0 fully saturated rings. The largest absolute Gasteiger partial charge is 0.360 e. The van der Waals surface area contributed by atoms with Crippen LogP contribution in [0.25, 0.3) is 0 Å². The number of carbonyl (C=O) groups excluding carboxylic acids is 3. The molecule has 2 amide bonds. The molecule has 0 spiro atoms. The van der Waals surface area contributed by atoms with Gasteiger partial charge < -0.3 is 15.2 Å². The van der Waals surface area contributed by atoms with Crippen molar-refractivity contribution in [2.45, 2.75) is 46.6 Å². The molecule has 7 nitrogen and oxygen atoms in total. The number of carbonyl (C=O) groups is 3. The summed E-state index contributed by atoms with van der Waals surface area (Å²) >= 11 is 0. The standard InChI is InChI=1S/C19H23N3O4/c1-11-5-6-15(9-12(11)2)16(23)7-8-18(24)20-14(4)19(25)21-17-10-13(3)26-22-17/h5-6,9-10,14H,7-8H2,1-4H3,(H,20,24)(H,21,22,25). The molecule has 26 heavy (non-hydrogen) atoms. The van der Waals surface area contributed by atoms with Crippen LogP contribution < -0.4 is 10.6 Å². The number of aromatic nitrogens is 1. The first-order valence-electron chi connectivity index (χ1n) is 8.40. The monoisotopic (exact) mass is 357 g/mol. The van der Waals surface area contributed by atoms with Gasteiger partial charge in [-0.2, -0.15) is 0 Å². The molecule has 2 rings (SSSR count). The molecule has 7 heteroatoms. The topological polar surface area (TPSA) is 101 Å². The molecule has 0 aliphatic heterocycles. The lowest BCUT2D eigenvalue weighted by Crippen LogP contribution is -2.41. The second-order valence-corrected chi connectivity index (χ2v) is 6.32. The number of Topliss-reactive ketones (excluding diaryl/α,β-unsaturated/α-hetero) is 1. The fraction of sp³-hybridized carbons (Fsp3) is 0.368. The van der Waals surface area contributed by atoms with Crippen molar-refractivity contribution in [1.29, 1.82) is 0 Å². The Morgan fingerprint density at radius 2 is 1.81 bits per heavy atom. The minimum atomic E-state index is -0.753. The summed E-state index contributed by atoms with van der Waals surface area (Å²) in [5.74, 6) is -0.00732. The van der Waals surface area contributed by atoms with Gasteiger partial charge in [0, 0.05) is 24.5 Å². The van der Waals surface area contributed by atoms with Crippen molar-refractivity contribution in [2.75, 3.05) is 5.32 Å². The van der Waals surface area contributed by atoms with Crippen LogP contribution in [0, 0.1) is 20.8 Å². The summed E-state index contributed by atoms with van der Waals surface area (Å²) in [5, 5.41) is 8.78. The Kier molecular flexibility index (Phi) is 6.27. The van der Waals surface area contributed by atoms with Crippen molar-refractivity contribution in [3.05, 3.63) is 46.7 Å². The van der Waals surface area contributed by atoms with Crippen LogP contribution >= 0.6 is 0 Å². The zero-order chi connectivity index (χ0) is 19.3. The van der Waals surface area contributed by atoms with Gasteiger partial charge in [-0.15, -0.1) is 0 Å². The Hall–Kier alpha value is -2.96. The maximum Gasteiger partial charge on any atom is 0.247 e. The molecule has 0 radical (unpaired) electrons. The Bertz CT molecular complexity index is 826. The lowest BCUT2D eigenvalue weighted by Gasteiger charge is -2.12. The number of anilines is 1. The second-order valence-electron chi connectivity index (χ2n) is 6.32. The number of hydrogen-bond donors (Lipinski definition) is 2. The summed E-state index contributed by atoms with van der Waals surface area (Å²) in [4.78, 5) is 36.2. The van der Waals surface area contributed by atoms with E-state index in [-0.39, 0.29) is 24.5 Å². The lowest BCUT2D eigenvalue weighted by molar-refractivity contribution is -0.126. The van der Waals surface area contributed by atoms with E-state index in [4.69, 9.17) is 4.52 Å². The quantitative estimate of drug-likeness (QED) is 0.742. The maximum atomic E-state index is 12.2. The molecule has 2 aromatic rings. The Morgan fingerprint density at radius 3 is 2.42 bits per heavy atom. The van der Waals surface area contributed by atoms with Crippen molar-refractivity contribution in [2.24, 2.45) is 0 Å². The van der Waals surface area contributed by atoms with Gasteiger partial charge in [-0.25, -0.2) is 0 Å².